The van der Waals surface area contributed by atoms with Crippen molar-refractivity contribution in [1.82, 2.24) is 19.8 Å². The molecule has 0 atom stereocenters. The summed E-state index contributed by atoms with van der Waals surface area (Å²) in [6, 6.07) is 0.699. The molecule has 2 rings (SSSR count). The smallest absolute Gasteiger partial charge is 0.309 e. The van der Waals surface area contributed by atoms with Crippen molar-refractivity contribution in [2.75, 3.05) is 20.1 Å². The molecule has 108 valence electrons. The van der Waals surface area contributed by atoms with E-state index in [-0.39, 0.29) is 0 Å². The molecule has 0 spiro atoms. The third-order valence-electron chi connectivity index (χ3n) is 3.83. The van der Waals surface area contributed by atoms with Crippen LogP contribution in [0, 0.1) is 0 Å². The Morgan fingerprint density at radius 1 is 1.47 bits per heavy atom. The maximum atomic E-state index is 12.6. The van der Waals surface area contributed by atoms with Gasteiger partial charge in [0.05, 0.1) is 6.54 Å². The minimum atomic E-state index is -2.51. The van der Waals surface area contributed by atoms with E-state index in [0.717, 1.165) is 17.7 Å². The summed E-state index contributed by atoms with van der Waals surface area (Å²) in [6.07, 6.45) is 7.95. The third kappa shape index (κ3) is 3.98. The molecule has 1 N–H and O–H groups in total. The van der Waals surface area contributed by atoms with Crippen molar-refractivity contribution in [2.24, 2.45) is 0 Å². The fourth-order valence-electron chi connectivity index (χ4n) is 2.64. The van der Waals surface area contributed by atoms with Crippen LogP contribution in [0.25, 0.3) is 0 Å². The summed E-state index contributed by atoms with van der Waals surface area (Å²) in [4.78, 5) is 6.30. The molecule has 1 fully saturated rings. The van der Waals surface area contributed by atoms with Gasteiger partial charge in [-0.15, -0.1) is 0 Å². The van der Waals surface area contributed by atoms with E-state index in [1.54, 1.807) is 0 Å². The Kier molecular flexibility index (Phi) is 5.27. The Morgan fingerprint density at radius 3 is 2.89 bits per heavy atom. The fraction of sp³-hybridized carbons (Fsp3) is 0.769. The van der Waals surface area contributed by atoms with Crippen LogP contribution in [-0.2, 0) is 6.54 Å². The van der Waals surface area contributed by atoms with Crippen molar-refractivity contribution in [3.8, 4) is 0 Å². The van der Waals surface area contributed by atoms with Crippen LogP contribution in [-0.4, -0.2) is 40.6 Å². The number of likely N-dealkylation sites (N-methyl/N-ethyl adjacent to an activating group) is 1. The van der Waals surface area contributed by atoms with Crippen molar-refractivity contribution in [2.45, 2.75) is 44.8 Å². The van der Waals surface area contributed by atoms with Crippen molar-refractivity contribution in [1.29, 1.82) is 0 Å². The van der Waals surface area contributed by atoms with Crippen LogP contribution >= 0.6 is 0 Å². The maximum absolute atomic E-state index is 12.6. The molecule has 1 aliphatic rings. The van der Waals surface area contributed by atoms with Gasteiger partial charge in [0.2, 0.25) is 0 Å². The predicted molar refractivity (Wildman–Crippen MR) is 70.1 cm³/mol. The molecule has 0 saturated heterocycles. The van der Waals surface area contributed by atoms with Crippen LogP contribution in [0.5, 0.6) is 0 Å². The molecular weight excluding hydrogens is 250 g/mol. The van der Waals surface area contributed by atoms with Crippen LogP contribution in [0.4, 0.5) is 8.78 Å². The number of aromatic nitrogens is 2. The number of rotatable bonds is 7. The van der Waals surface area contributed by atoms with Gasteiger partial charge in [-0.2, -0.15) is 8.78 Å². The van der Waals surface area contributed by atoms with Crippen molar-refractivity contribution in [3.05, 3.63) is 18.2 Å². The SMILES string of the molecule is CN(CCNCc1nccn1C(F)F)C1CCCC1. The van der Waals surface area contributed by atoms with Gasteiger partial charge in [-0.25, -0.2) is 4.98 Å². The lowest BCUT2D eigenvalue weighted by atomic mass is 10.2. The summed E-state index contributed by atoms with van der Waals surface area (Å²) in [5.41, 5.74) is 0. The maximum Gasteiger partial charge on any atom is 0.319 e. The first-order valence-corrected chi connectivity index (χ1v) is 6.89. The Hall–Kier alpha value is -1.01. The second kappa shape index (κ2) is 6.96. The van der Waals surface area contributed by atoms with E-state index < -0.39 is 6.55 Å². The first-order valence-electron chi connectivity index (χ1n) is 6.89. The highest BCUT2D eigenvalue weighted by atomic mass is 19.3. The van der Waals surface area contributed by atoms with E-state index in [9.17, 15) is 8.78 Å². The van der Waals surface area contributed by atoms with E-state index in [1.165, 1.54) is 38.1 Å². The van der Waals surface area contributed by atoms with Gasteiger partial charge in [0.25, 0.3) is 0 Å². The van der Waals surface area contributed by atoms with Gasteiger partial charge in [-0.3, -0.25) is 4.57 Å². The van der Waals surface area contributed by atoms with E-state index in [0.29, 0.717) is 18.4 Å². The molecule has 6 heteroatoms. The number of nitrogens with one attached hydrogen (secondary N) is 1. The van der Waals surface area contributed by atoms with E-state index >= 15 is 0 Å². The minimum absolute atomic E-state index is 0.385. The summed E-state index contributed by atoms with van der Waals surface area (Å²) in [6.45, 7) is -0.389. The van der Waals surface area contributed by atoms with Crippen molar-refractivity contribution in [3.63, 3.8) is 0 Å². The molecule has 19 heavy (non-hydrogen) atoms. The van der Waals surface area contributed by atoms with Gasteiger partial charge < -0.3 is 10.2 Å². The molecule has 0 aromatic carbocycles. The largest absolute Gasteiger partial charge is 0.319 e. The van der Waals surface area contributed by atoms with Crippen LogP contribution in [0.1, 0.15) is 38.1 Å². The van der Waals surface area contributed by atoms with Gasteiger partial charge in [-0.1, -0.05) is 12.8 Å². The zero-order valence-electron chi connectivity index (χ0n) is 11.4. The average Bonchev–Trinajstić information content (AvgIpc) is 3.04. The Bertz CT molecular complexity index is 374. The molecule has 4 nitrogen and oxygen atoms in total. The number of nitrogens with zero attached hydrogens (tertiary/aromatic N) is 3. The first-order chi connectivity index (χ1) is 9.18. The number of halogens is 2. The molecule has 1 saturated carbocycles. The highest BCUT2D eigenvalue weighted by molar-refractivity contribution is 4.92. The predicted octanol–water partition coefficient (Wildman–Crippen LogP) is 2.24. The Morgan fingerprint density at radius 2 is 2.21 bits per heavy atom. The highest BCUT2D eigenvalue weighted by Crippen LogP contribution is 2.21. The van der Waals surface area contributed by atoms with Crippen molar-refractivity contribution < 1.29 is 8.78 Å². The van der Waals surface area contributed by atoms with Crippen LogP contribution in [0.2, 0.25) is 0 Å². The topological polar surface area (TPSA) is 33.1 Å². The summed E-state index contributed by atoms with van der Waals surface area (Å²) in [5, 5.41) is 3.18. The molecule has 1 aromatic rings. The first kappa shape index (κ1) is 14.4. The number of hydrogen-bond donors (Lipinski definition) is 1. The Labute approximate surface area is 112 Å². The van der Waals surface area contributed by atoms with Crippen molar-refractivity contribution >= 4 is 0 Å². The molecule has 1 aliphatic carbocycles. The van der Waals surface area contributed by atoms with Gasteiger partial charge >= 0.3 is 6.55 Å². The standard InChI is InChI=1S/C13H22F2N4/c1-18(11-4-2-3-5-11)8-6-16-10-12-17-7-9-19(12)13(14)15/h7,9,11,13,16H,2-6,8,10H2,1H3. The average molecular weight is 272 g/mol. The van der Waals surface area contributed by atoms with Crippen LogP contribution in [0.3, 0.4) is 0 Å². The summed E-state index contributed by atoms with van der Waals surface area (Å²) < 4.78 is 26.1. The summed E-state index contributed by atoms with van der Waals surface area (Å²) >= 11 is 0. The Balaban J connectivity index is 1.67. The molecule has 0 radical (unpaired) electrons. The lowest BCUT2D eigenvalue weighted by Gasteiger charge is -2.23. The molecule has 0 aliphatic heterocycles. The summed E-state index contributed by atoms with van der Waals surface area (Å²) in [7, 11) is 2.14. The zero-order chi connectivity index (χ0) is 13.7. The zero-order valence-corrected chi connectivity index (χ0v) is 11.4. The molecule has 0 unspecified atom stereocenters. The van der Waals surface area contributed by atoms with Gasteiger partial charge in [0.1, 0.15) is 5.82 Å². The number of imidazole rings is 1. The second-order valence-electron chi connectivity index (χ2n) is 5.12. The van der Waals surface area contributed by atoms with Crippen LogP contribution in [0.15, 0.2) is 12.4 Å². The molecular formula is C13H22F2N4. The van der Waals surface area contributed by atoms with Gasteiger partial charge in [0.15, 0.2) is 0 Å². The fourth-order valence-corrected chi connectivity index (χ4v) is 2.64. The molecule has 1 aromatic heterocycles. The van der Waals surface area contributed by atoms with E-state index in [4.69, 9.17) is 0 Å². The lowest BCUT2D eigenvalue weighted by Crippen LogP contribution is -2.35. The minimum Gasteiger partial charge on any atom is -0.309 e. The third-order valence-corrected chi connectivity index (χ3v) is 3.83. The molecule has 1 heterocycles. The monoisotopic (exact) mass is 272 g/mol. The van der Waals surface area contributed by atoms with Gasteiger partial charge in [0, 0.05) is 31.5 Å². The quantitative estimate of drug-likeness (QED) is 0.773. The second-order valence-corrected chi connectivity index (χ2v) is 5.12. The van der Waals surface area contributed by atoms with Gasteiger partial charge in [-0.05, 0) is 19.9 Å². The van der Waals surface area contributed by atoms with E-state index in [2.05, 4.69) is 22.2 Å². The molecule has 0 amide bonds. The number of alkyl halides is 2. The number of hydrogen-bond acceptors (Lipinski definition) is 3. The lowest BCUT2D eigenvalue weighted by molar-refractivity contribution is 0.0666. The van der Waals surface area contributed by atoms with Crippen LogP contribution < -0.4 is 5.32 Å². The normalized spacial score (nSPS) is 16.9. The molecule has 0 bridgehead atoms. The summed E-state index contributed by atoms with van der Waals surface area (Å²) in [5.74, 6) is 0.388. The highest BCUT2D eigenvalue weighted by Gasteiger charge is 2.18. The van der Waals surface area contributed by atoms with E-state index in [1.807, 2.05) is 0 Å².